The van der Waals surface area contributed by atoms with Crippen LogP contribution in [0.1, 0.15) is 12.1 Å². The molecule has 0 aromatic carbocycles. The Morgan fingerprint density at radius 1 is 1.38 bits per heavy atom. The Morgan fingerprint density at radius 2 is 2.08 bits per heavy atom. The molecule has 0 saturated carbocycles. The number of hydrogen-bond donors (Lipinski definition) is 1. The van der Waals surface area contributed by atoms with E-state index in [0.717, 1.165) is 44.4 Å². The van der Waals surface area contributed by atoms with Gasteiger partial charge in [0.05, 0.1) is 11.4 Å². The Bertz CT molecular complexity index is 598. The lowest BCUT2D eigenvalue weighted by Crippen LogP contribution is -2.52. The molecular formula is C14H26IN5O3S. The lowest BCUT2D eigenvalue weighted by molar-refractivity contribution is 0.169. The zero-order chi connectivity index (χ0) is 16.7. The fourth-order valence-electron chi connectivity index (χ4n) is 2.53. The van der Waals surface area contributed by atoms with Gasteiger partial charge in [0.15, 0.2) is 5.96 Å². The lowest BCUT2D eigenvalue weighted by Gasteiger charge is -2.36. The maximum absolute atomic E-state index is 11.1. The van der Waals surface area contributed by atoms with Gasteiger partial charge in [0.25, 0.3) is 0 Å². The van der Waals surface area contributed by atoms with Gasteiger partial charge in [0, 0.05) is 58.6 Å². The average molecular weight is 471 g/mol. The van der Waals surface area contributed by atoms with Gasteiger partial charge in [-0.1, -0.05) is 5.16 Å². The smallest absolute Gasteiger partial charge is 0.193 e. The second kappa shape index (κ2) is 10.2. The highest BCUT2D eigenvalue weighted by Crippen LogP contribution is 2.07. The number of nitrogens with one attached hydrogen (secondary N) is 1. The number of piperazine rings is 1. The van der Waals surface area contributed by atoms with Crippen LogP contribution < -0.4 is 5.32 Å². The Labute approximate surface area is 160 Å². The molecule has 1 aromatic rings. The summed E-state index contributed by atoms with van der Waals surface area (Å²) in [6, 6.07) is 1.88. The molecule has 138 valence electrons. The molecule has 8 nitrogen and oxygen atoms in total. The van der Waals surface area contributed by atoms with Crippen LogP contribution in [0.5, 0.6) is 0 Å². The predicted octanol–water partition coefficient (Wildman–Crippen LogP) is 0.420. The van der Waals surface area contributed by atoms with Crippen molar-refractivity contribution < 1.29 is 12.9 Å². The second-order valence-electron chi connectivity index (χ2n) is 5.71. The van der Waals surface area contributed by atoms with Gasteiger partial charge in [-0.3, -0.25) is 9.89 Å². The van der Waals surface area contributed by atoms with Gasteiger partial charge < -0.3 is 14.7 Å². The Morgan fingerprint density at radius 3 is 2.62 bits per heavy atom. The molecule has 0 spiro atoms. The molecule has 0 atom stereocenters. The van der Waals surface area contributed by atoms with Gasteiger partial charge in [-0.25, -0.2) is 8.42 Å². The molecule has 0 radical (unpaired) electrons. The molecule has 0 amide bonds. The second-order valence-corrected chi connectivity index (χ2v) is 7.97. The van der Waals surface area contributed by atoms with E-state index in [1.165, 1.54) is 6.26 Å². The molecule has 10 heteroatoms. The zero-order valence-corrected chi connectivity index (χ0v) is 17.3. The molecule has 1 aliphatic heterocycles. The summed E-state index contributed by atoms with van der Waals surface area (Å²) < 4.78 is 27.1. The Balaban J connectivity index is 0.00000288. The third kappa shape index (κ3) is 7.34. The van der Waals surface area contributed by atoms with Gasteiger partial charge in [-0.15, -0.1) is 24.0 Å². The maximum Gasteiger partial charge on any atom is 0.193 e. The van der Waals surface area contributed by atoms with Crippen molar-refractivity contribution in [1.29, 1.82) is 0 Å². The predicted molar refractivity (Wildman–Crippen MR) is 104 cm³/mol. The summed E-state index contributed by atoms with van der Waals surface area (Å²) in [5.74, 6) is 1.03. The van der Waals surface area contributed by atoms with Crippen LogP contribution in [0.2, 0.25) is 0 Å². The van der Waals surface area contributed by atoms with Crippen LogP contribution >= 0.6 is 24.0 Å². The molecule has 0 bridgehead atoms. The lowest BCUT2D eigenvalue weighted by atomic mass is 10.3. The highest BCUT2D eigenvalue weighted by molar-refractivity contribution is 14.0. The summed E-state index contributed by atoms with van der Waals surface area (Å²) in [7, 11) is -1.15. The van der Waals surface area contributed by atoms with Crippen molar-refractivity contribution in [2.24, 2.45) is 4.99 Å². The summed E-state index contributed by atoms with van der Waals surface area (Å²) in [6.07, 6.45) is 3.44. The highest BCUT2D eigenvalue weighted by Gasteiger charge is 2.20. The fraction of sp³-hybridized carbons (Fsp3) is 0.714. The van der Waals surface area contributed by atoms with Crippen molar-refractivity contribution in [2.45, 2.75) is 13.0 Å². The SMILES string of the molecule is CN=C(NCCCS(C)(=O)=O)N1CCN(Cc2ccon2)CC1.I. The third-order valence-corrected chi connectivity index (χ3v) is 4.77. The summed E-state index contributed by atoms with van der Waals surface area (Å²) >= 11 is 0. The van der Waals surface area contributed by atoms with Crippen molar-refractivity contribution in [3.63, 3.8) is 0 Å². The first-order chi connectivity index (χ1) is 11.0. The summed E-state index contributed by atoms with van der Waals surface area (Å²) in [5.41, 5.74) is 0.946. The monoisotopic (exact) mass is 471 g/mol. The first-order valence-electron chi connectivity index (χ1n) is 7.73. The molecule has 1 saturated heterocycles. The number of hydrogen-bond acceptors (Lipinski definition) is 6. The average Bonchev–Trinajstić information content (AvgIpc) is 3.00. The Hall–Kier alpha value is -0.880. The minimum absolute atomic E-state index is 0. The molecule has 1 N–H and O–H groups in total. The van der Waals surface area contributed by atoms with Crippen LogP contribution in [-0.4, -0.2) is 81.1 Å². The first kappa shape index (κ1) is 21.2. The van der Waals surface area contributed by atoms with Crippen LogP contribution in [-0.2, 0) is 16.4 Å². The standard InChI is InChI=1S/C14H25N5O3S.HI/c1-15-14(16-5-3-11-23(2,20)21)19-8-6-18(7-9-19)12-13-4-10-22-17-13;/h4,10H,3,5-9,11-12H2,1-2H3,(H,15,16);1H. The number of aliphatic imine (C=N–C) groups is 1. The number of nitrogens with zero attached hydrogens (tertiary/aromatic N) is 4. The number of rotatable bonds is 6. The minimum Gasteiger partial charge on any atom is -0.364 e. The molecule has 1 fully saturated rings. The van der Waals surface area contributed by atoms with Crippen molar-refractivity contribution in [3.05, 3.63) is 18.0 Å². The van der Waals surface area contributed by atoms with Crippen LogP contribution in [0.15, 0.2) is 21.8 Å². The van der Waals surface area contributed by atoms with Crippen LogP contribution in [0.3, 0.4) is 0 Å². The van der Waals surface area contributed by atoms with Gasteiger partial charge in [0.2, 0.25) is 0 Å². The number of aromatic nitrogens is 1. The number of guanidine groups is 1. The molecule has 0 unspecified atom stereocenters. The fourth-order valence-corrected chi connectivity index (χ4v) is 3.20. The molecule has 1 aromatic heterocycles. The van der Waals surface area contributed by atoms with E-state index in [1.54, 1.807) is 13.3 Å². The molecule has 2 rings (SSSR count). The van der Waals surface area contributed by atoms with Crippen LogP contribution in [0.4, 0.5) is 0 Å². The Kier molecular flexibility index (Phi) is 8.98. The molecule has 2 heterocycles. The first-order valence-corrected chi connectivity index (χ1v) is 9.79. The van der Waals surface area contributed by atoms with Crippen LogP contribution in [0.25, 0.3) is 0 Å². The molecule has 24 heavy (non-hydrogen) atoms. The molecule has 0 aliphatic carbocycles. The van der Waals surface area contributed by atoms with E-state index >= 15 is 0 Å². The van der Waals surface area contributed by atoms with Crippen molar-refractivity contribution >= 4 is 39.8 Å². The van der Waals surface area contributed by atoms with Gasteiger partial charge in [0.1, 0.15) is 16.1 Å². The van der Waals surface area contributed by atoms with Crippen LogP contribution in [0, 0.1) is 0 Å². The summed E-state index contributed by atoms with van der Waals surface area (Å²) in [6.45, 7) is 5.02. The normalized spacial score (nSPS) is 16.8. The largest absolute Gasteiger partial charge is 0.364 e. The van der Waals surface area contributed by atoms with Gasteiger partial charge >= 0.3 is 0 Å². The van der Waals surface area contributed by atoms with E-state index < -0.39 is 9.84 Å². The van der Waals surface area contributed by atoms with E-state index in [1.807, 2.05) is 6.07 Å². The van der Waals surface area contributed by atoms with E-state index in [4.69, 9.17) is 4.52 Å². The zero-order valence-electron chi connectivity index (χ0n) is 14.1. The van der Waals surface area contributed by atoms with E-state index in [2.05, 4.69) is 25.3 Å². The van der Waals surface area contributed by atoms with Crippen molar-refractivity contribution in [1.82, 2.24) is 20.3 Å². The minimum atomic E-state index is -2.90. The van der Waals surface area contributed by atoms with Crippen molar-refractivity contribution in [3.8, 4) is 0 Å². The number of halogens is 1. The summed E-state index contributed by atoms with van der Waals surface area (Å²) in [4.78, 5) is 8.80. The summed E-state index contributed by atoms with van der Waals surface area (Å²) in [5, 5.41) is 7.17. The van der Waals surface area contributed by atoms with Gasteiger partial charge in [-0.2, -0.15) is 0 Å². The van der Waals surface area contributed by atoms with E-state index in [9.17, 15) is 8.42 Å². The number of sulfone groups is 1. The van der Waals surface area contributed by atoms with E-state index in [0.29, 0.717) is 13.0 Å². The third-order valence-electron chi connectivity index (χ3n) is 3.74. The molecule has 1 aliphatic rings. The topological polar surface area (TPSA) is 91.0 Å². The van der Waals surface area contributed by atoms with Crippen molar-refractivity contribution in [2.75, 3.05) is 51.8 Å². The maximum atomic E-state index is 11.1. The van der Waals surface area contributed by atoms with Gasteiger partial charge in [-0.05, 0) is 6.42 Å². The molecular weight excluding hydrogens is 445 g/mol. The van der Waals surface area contributed by atoms with E-state index in [-0.39, 0.29) is 29.7 Å². The highest BCUT2D eigenvalue weighted by atomic mass is 127. The quantitative estimate of drug-likeness (QED) is 0.278.